The quantitative estimate of drug-likeness (QED) is 0.284. The van der Waals surface area contributed by atoms with Crippen LogP contribution < -0.4 is 5.32 Å². The molecular formula is C29H33ClFNO4. The first-order valence-electron chi connectivity index (χ1n) is 11.9. The van der Waals surface area contributed by atoms with Gasteiger partial charge < -0.3 is 20.3 Å². The Kier molecular flexibility index (Phi) is 9.25. The SMILES string of the molecule is Cc1cc(-c2ccccc2[C@@H](C)OC[C@H](O)CNC(C)(C)Cc2cccc(Cl)c2F)ccc1C(=O)O. The van der Waals surface area contributed by atoms with E-state index in [9.17, 15) is 19.4 Å². The van der Waals surface area contributed by atoms with Gasteiger partial charge in [-0.2, -0.15) is 0 Å². The second-order valence-corrected chi connectivity index (χ2v) is 10.1. The molecule has 0 amide bonds. The number of aliphatic hydroxyl groups excluding tert-OH is 1. The highest BCUT2D eigenvalue weighted by atomic mass is 35.5. The first-order valence-corrected chi connectivity index (χ1v) is 12.3. The first-order chi connectivity index (χ1) is 17.0. The van der Waals surface area contributed by atoms with Crippen LogP contribution in [-0.2, 0) is 11.2 Å². The minimum Gasteiger partial charge on any atom is -0.478 e. The molecule has 0 aromatic heterocycles. The molecule has 0 aliphatic carbocycles. The Morgan fingerprint density at radius 3 is 2.56 bits per heavy atom. The first kappa shape index (κ1) is 27.8. The summed E-state index contributed by atoms with van der Waals surface area (Å²) < 4.78 is 20.3. The zero-order valence-corrected chi connectivity index (χ0v) is 21.8. The summed E-state index contributed by atoms with van der Waals surface area (Å²) in [5.41, 5.74) is 3.80. The molecule has 3 aromatic rings. The van der Waals surface area contributed by atoms with Crippen molar-refractivity contribution in [2.45, 2.75) is 51.9 Å². The number of benzene rings is 3. The molecule has 3 rings (SSSR count). The number of hydrogen-bond acceptors (Lipinski definition) is 4. The number of carbonyl (C=O) groups is 1. The summed E-state index contributed by atoms with van der Waals surface area (Å²) in [4.78, 5) is 11.4. The van der Waals surface area contributed by atoms with Crippen LogP contribution in [0.2, 0.25) is 5.02 Å². The lowest BCUT2D eigenvalue weighted by Crippen LogP contribution is -2.46. The van der Waals surface area contributed by atoms with Gasteiger partial charge in [-0.05, 0) is 74.1 Å². The molecule has 0 saturated carbocycles. The summed E-state index contributed by atoms with van der Waals surface area (Å²) in [6.45, 7) is 7.97. The van der Waals surface area contributed by atoms with Crippen molar-refractivity contribution >= 4 is 17.6 Å². The largest absolute Gasteiger partial charge is 0.478 e. The fourth-order valence-electron chi connectivity index (χ4n) is 4.21. The van der Waals surface area contributed by atoms with Gasteiger partial charge in [0.15, 0.2) is 0 Å². The van der Waals surface area contributed by atoms with E-state index < -0.39 is 23.4 Å². The Morgan fingerprint density at radius 1 is 1.14 bits per heavy atom. The lowest BCUT2D eigenvalue weighted by atomic mass is 9.94. The van der Waals surface area contributed by atoms with Crippen molar-refractivity contribution in [1.82, 2.24) is 5.32 Å². The zero-order valence-electron chi connectivity index (χ0n) is 21.0. The summed E-state index contributed by atoms with van der Waals surface area (Å²) in [6.07, 6.45) is -0.652. The number of aryl methyl sites for hydroxylation is 1. The van der Waals surface area contributed by atoms with Crippen LogP contribution in [0.15, 0.2) is 60.7 Å². The number of carboxylic acid groups (broad SMARTS) is 1. The van der Waals surface area contributed by atoms with Gasteiger partial charge in [0, 0.05) is 12.1 Å². The van der Waals surface area contributed by atoms with Crippen LogP contribution in [-0.4, -0.2) is 41.0 Å². The van der Waals surface area contributed by atoms with E-state index in [2.05, 4.69) is 5.32 Å². The average molecular weight is 514 g/mol. The van der Waals surface area contributed by atoms with Gasteiger partial charge in [0.2, 0.25) is 0 Å². The monoisotopic (exact) mass is 513 g/mol. The van der Waals surface area contributed by atoms with E-state index in [1.807, 2.05) is 51.1 Å². The Bertz CT molecular complexity index is 1210. The Morgan fingerprint density at radius 2 is 1.86 bits per heavy atom. The van der Waals surface area contributed by atoms with Crippen LogP contribution in [0.1, 0.15) is 53.9 Å². The third kappa shape index (κ3) is 7.14. The summed E-state index contributed by atoms with van der Waals surface area (Å²) in [5.74, 6) is -1.37. The molecule has 36 heavy (non-hydrogen) atoms. The van der Waals surface area contributed by atoms with E-state index in [4.69, 9.17) is 16.3 Å². The molecule has 0 aliphatic rings. The molecule has 0 fully saturated rings. The molecule has 0 spiro atoms. The second-order valence-electron chi connectivity index (χ2n) is 9.71. The molecule has 0 heterocycles. The number of β-amino-alcohol motifs (C(OH)–C–C–N with tert-alkyl or cyclic N) is 1. The molecule has 7 heteroatoms. The number of hydrogen-bond donors (Lipinski definition) is 3. The maximum absolute atomic E-state index is 14.3. The fourth-order valence-corrected chi connectivity index (χ4v) is 4.40. The summed E-state index contributed by atoms with van der Waals surface area (Å²) in [5, 5.41) is 23.2. The van der Waals surface area contributed by atoms with Crippen LogP contribution in [0.25, 0.3) is 11.1 Å². The third-order valence-electron chi connectivity index (χ3n) is 6.19. The van der Waals surface area contributed by atoms with E-state index in [-0.39, 0.29) is 29.8 Å². The van der Waals surface area contributed by atoms with Gasteiger partial charge in [-0.25, -0.2) is 9.18 Å². The predicted octanol–water partition coefficient (Wildman–Crippen LogP) is 6.20. The van der Waals surface area contributed by atoms with Crippen LogP contribution >= 0.6 is 11.6 Å². The van der Waals surface area contributed by atoms with Crippen LogP contribution in [0.4, 0.5) is 4.39 Å². The van der Waals surface area contributed by atoms with Gasteiger partial charge in [0.05, 0.1) is 29.4 Å². The van der Waals surface area contributed by atoms with Crippen molar-refractivity contribution in [2.75, 3.05) is 13.2 Å². The zero-order chi connectivity index (χ0) is 26.5. The second kappa shape index (κ2) is 12.0. The molecule has 0 bridgehead atoms. The number of aromatic carboxylic acids is 1. The van der Waals surface area contributed by atoms with Crippen molar-refractivity contribution in [1.29, 1.82) is 0 Å². The van der Waals surface area contributed by atoms with Crippen molar-refractivity contribution in [3.63, 3.8) is 0 Å². The van der Waals surface area contributed by atoms with Gasteiger partial charge in [-0.3, -0.25) is 0 Å². The lowest BCUT2D eigenvalue weighted by molar-refractivity contribution is -0.00398. The highest BCUT2D eigenvalue weighted by Gasteiger charge is 2.22. The highest BCUT2D eigenvalue weighted by Crippen LogP contribution is 2.31. The normalized spacial score (nSPS) is 13.4. The maximum Gasteiger partial charge on any atom is 0.335 e. The van der Waals surface area contributed by atoms with Crippen molar-refractivity contribution < 1.29 is 24.1 Å². The standard InChI is InChI=1S/C29H33ClFNO4/c1-18-14-20(12-13-23(18)28(34)35)25-10-6-5-9-24(25)19(2)36-17-22(33)16-32-29(3,4)15-21-8-7-11-26(30)27(21)31/h5-14,19,22,32-33H,15-17H2,1-4H3,(H,34,35)/t19-,22-/m1/s1. The molecule has 5 nitrogen and oxygen atoms in total. The summed E-state index contributed by atoms with van der Waals surface area (Å²) >= 11 is 5.89. The average Bonchev–Trinajstić information content (AvgIpc) is 2.83. The Balaban J connectivity index is 1.60. The van der Waals surface area contributed by atoms with E-state index in [0.29, 0.717) is 17.5 Å². The van der Waals surface area contributed by atoms with Crippen molar-refractivity contribution in [2.24, 2.45) is 0 Å². The molecule has 0 saturated heterocycles. The molecule has 2 atom stereocenters. The minimum atomic E-state index is -0.951. The maximum atomic E-state index is 14.3. The summed E-state index contributed by atoms with van der Waals surface area (Å²) in [6, 6.07) is 18.0. The summed E-state index contributed by atoms with van der Waals surface area (Å²) in [7, 11) is 0. The Labute approximate surface area is 216 Å². The van der Waals surface area contributed by atoms with E-state index >= 15 is 0 Å². The molecule has 0 unspecified atom stereocenters. The topological polar surface area (TPSA) is 78.8 Å². The molecule has 192 valence electrons. The van der Waals surface area contributed by atoms with Gasteiger partial charge in [0.25, 0.3) is 0 Å². The number of ether oxygens (including phenoxy) is 1. The van der Waals surface area contributed by atoms with Gasteiger partial charge >= 0.3 is 5.97 Å². The van der Waals surface area contributed by atoms with Gasteiger partial charge in [0.1, 0.15) is 5.82 Å². The van der Waals surface area contributed by atoms with E-state index in [1.165, 1.54) is 6.07 Å². The number of carboxylic acids is 1. The molecule has 3 aromatic carbocycles. The van der Waals surface area contributed by atoms with Crippen LogP contribution in [0, 0.1) is 12.7 Å². The number of aliphatic hydroxyl groups is 1. The van der Waals surface area contributed by atoms with Crippen molar-refractivity contribution in [3.8, 4) is 11.1 Å². The molecule has 0 aliphatic heterocycles. The lowest BCUT2D eigenvalue weighted by Gasteiger charge is -2.28. The number of nitrogens with one attached hydrogen (secondary N) is 1. The predicted molar refractivity (Wildman–Crippen MR) is 141 cm³/mol. The van der Waals surface area contributed by atoms with Gasteiger partial charge in [-0.1, -0.05) is 60.1 Å². The molecule has 3 N–H and O–H groups in total. The van der Waals surface area contributed by atoms with Crippen molar-refractivity contribution in [3.05, 3.63) is 93.8 Å². The van der Waals surface area contributed by atoms with E-state index in [1.54, 1.807) is 31.2 Å². The smallest absolute Gasteiger partial charge is 0.335 e. The Hall–Kier alpha value is -2.77. The van der Waals surface area contributed by atoms with Crippen LogP contribution in [0.5, 0.6) is 0 Å². The molecule has 0 radical (unpaired) electrons. The fraction of sp³-hybridized carbons (Fsp3) is 0.345. The molecular weight excluding hydrogens is 481 g/mol. The van der Waals surface area contributed by atoms with Gasteiger partial charge in [-0.15, -0.1) is 0 Å². The van der Waals surface area contributed by atoms with Crippen LogP contribution in [0.3, 0.4) is 0 Å². The third-order valence-corrected chi connectivity index (χ3v) is 6.48. The highest BCUT2D eigenvalue weighted by molar-refractivity contribution is 6.30. The number of halogens is 2. The number of rotatable bonds is 11. The minimum absolute atomic E-state index is 0.0963. The van der Waals surface area contributed by atoms with E-state index in [0.717, 1.165) is 16.7 Å².